The van der Waals surface area contributed by atoms with Gasteiger partial charge in [0.05, 0.1) is 0 Å². The number of hydrogen-bond acceptors (Lipinski definition) is 3. The third-order valence-corrected chi connectivity index (χ3v) is 4.71. The number of rotatable bonds is 7. The van der Waals surface area contributed by atoms with Crippen LogP contribution in [0.2, 0.25) is 0 Å². The van der Waals surface area contributed by atoms with Crippen molar-refractivity contribution in [1.82, 2.24) is 10.2 Å². The normalized spacial score (nSPS) is 18.7. The van der Waals surface area contributed by atoms with Crippen molar-refractivity contribution in [2.24, 2.45) is 5.92 Å². The van der Waals surface area contributed by atoms with Crippen LogP contribution in [0.15, 0.2) is 24.3 Å². The van der Waals surface area contributed by atoms with Crippen molar-refractivity contribution in [2.45, 2.75) is 33.6 Å². The molecule has 0 bridgehead atoms. The first kappa shape index (κ1) is 17.8. The van der Waals surface area contributed by atoms with Crippen molar-refractivity contribution >= 4 is 11.6 Å². The highest BCUT2D eigenvalue weighted by Crippen LogP contribution is 2.16. The zero-order chi connectivity index (χ0) is 16.7. The van der Waals surface area contributed by atoms with Crippen LogP contribution in [-0.4, -0.2) is 50.1 Å². The zero-order valence-corrected chi connectivity index (χ0v) is 14.8. The van der Waals surface area contributed by atoms with E-state index in [0.717, 1.165) is 44.2 Å². The Morgan fingerprint density at radius 2 is 1.96 bits per heavy atom. The fraction of sp³-hybridized carbons (Fsp3) is 0.632. The lowest BCUT2D eigenvalue weighted by Crippen LogP contribution is -2.40. The molecule has 1 fully saturated rings. The number of nitrogens with one attached hydrogen (secondary N) is 1. The van der Waals surface area contributed by atoms with Crippen LogP contribution in [-0.2, 0) is 0 Å². The number of carbonyl (C=O) groups is 1. The summed E-state index contributed by atoms with van der Waals surface area (Å²) in [6.45, 7) is 12.6. The topological polar surface area (TPSA) is 35.6 Å². The Hall–Kier alpha value is -1.55. The van der Waals surface area contributed by atoms with E-state index in [4.69, 9.17) is 0 Å². The number of amides is 1. The maximum Gasteiger partial charge on any atom is 0.251 e. The molecule has 0 aromatic heterocycles. The van der Waals surface area contributed by atoms with E-state index in [0.29, 0.717) is 0 Å². The molecule has 0 spiro atoms. The minimum Gasteiger partial charge on any atom is -0.372 e. The minimum absolute atomic E-state index is 0.0288. The number of anilines is 1. The van der Waals surface area contributed by atoms with E-state index in [-0.39, 0.29) is 5.91 Å². The zero-order valence-electron chi connectivity index (χ0n) is 14.8. The molecule has 1 heterocycles. The average Bonchev–Trinajstić information content (AvgIpc) is 2.56. The van der Waals surface area contributed by atoms with Gasteiger partial charge in [-0.1, -0.05) is 6.92 Å². The predicted molar refractivity (Wildman–Crippen MR) is 97.2 cm³/mol. The van der Waals surface area contributed by atoms with Gasteiger partial charge in [-0.2, -0.15) is 0 Å². The summed E-state index contributed by atoms with van der Waals surface area (Å²) in [6, 6.07) is 7.92. The second kappa shape index (κ2) is 8.92. The SMILES string of the molecule is CCN(CC)c1ccc(C(=O)NCCN2CCCC(C)C2)cc1. The Balaban J connectivity index is 1.79. The molecule has 4 nitrogen and oxygen atoms in total. The summed E-state index contributed by atoms with van der Waals surface area (Å²) in [5, 5.41) is 3.04. The minimum atomic E-state index is 0.0288. The van der Waals surface area contributed by atoms with Crippen LogP contribution in [0.25, 0.3) is 0 Å². The Kier molecular flexibility index (Phi) is 6.90. The number of likely N-dealkylation sites (tertiary alicyclic amines) is 1. The molecule has 0 radical (unpaired) electrons. The van der Waals surface area contributed by atoms with Crippen LogP contribution in [0.1, 0.15) is 44.0 Å². The van der Waals surface area contributed by atoms with Gasteiger partial charge >= 0.3 is 0 Å². The van der Waals surface area contributed by atoms with Gasteiger partial charge in [-0.15, -0.1) is 0 Å². The fourth-order valence-electron chi connectivity index (χ4n) is 3.33. The van der Waals surface area contributed by atoms with Gasteiger partial charge < -0.3 is 15.1 Å². The van der Waals surface area contributed by atoms with E-state index < -0.39 is 0 Å². The van der Waals surface area contributed by atoms with Crippen molar-refractivity contribution < 1.29 is 4.79 Å². The largest absolute Gasteiger partial charge is 0.372 e. The highest BCUT2D eigenvalue weighted by Gasteiger charge is 2.16. The summed E-state index contributed by atoms with van der Waals surface area (Å²) in [7, 11) is 0. The van der Waals surface area contributed by atoms with Gasteiger partial charge in [0.2, 0.25) is 0 Å². The lowest BCUT2D eigenvalue weighted by Gasteiger charge is -2.30. The molecule has 0 saturated carbocycles. The Morgan fingerprint density at radius 3 is 2.57 bits per heavy atom. The van der Waals surface area contributed by atoms with Gasteiger partial charge in [-0.3, -0.25) is 4.79 Å². The van der Waals surface area contributed by atoms with Crippen molar-refractivity contribution in [1.29, 1.82) is 0 Å². The van der Waals surface area contributed by atoms with E-state index in [1.165, 1.54) is 25.1 Å². The van der Waals surface area contributed by atoms with Crippen molar-refractivity contribution in [3.8, 4) is 0 Å². The van der Waals surface area contributed by atoms with Crippen LogP contribution in [0.3, 0.4) is 0 Å². The van der Waals surface area contributed by atoms with Gasteiger partial charge in [-0.25, -0.2) is 0 Å². The smallest absolute Gasteiger partial charge is 0.251 e. The molecular formula is C19H31N3O. The van der Waals surface area contributed by atoms with Gasteiger partial charge in [0.1, 0.15) is 0 Å². The van der Waals surface area contributed by atoms with E-state index in [2.05, 4.69) is 35.9 Å². The monoisotopic (exact) mass is 317 g/mol. The first-order valence-corrected chi connectivity index (χ1v) is 8.99. The molecule has 1 aliphatic heterocycles. The molecule has 1 atom stereocenters. The highest BCUT2D eigenvalue weighted by molar-refractivity contribution is 5.94. The van der Waals surface area contributed by atoms with E-state index in [1.807, 2.05) is 24.3 Å². The van der Waals surface area contributed by atoms with Crippen molar-refractivity contribution in [3.63, 3.8) is 0 Å². The summed E-state index contributed by atoms with van der Waals surface area (Å²) in [5.74, 6) is 0.813. The van der Waals surface area contributed by atoms with E-state index >= 15 is 0 Å². The first-order valence-electron chi connectivity index (χ1n) is 8.99. The Labute approximate surface area is 140 Å². The van der Waals surface area contributed by atoms with Gasteiger partial charge in [0.25, 0.3) is 5.91 Å². The highest BCUT2D eigenvalue weighted by atomic mass is 16.1. The number of hydrogen-bond donors (Lipinski definition) is 1. The van der Waals surface area contributed by atoms with Gasteiger partial charge in [0, 0.05) is 44.0 Å². The number of nitrogens with zero attached hydrogens (tertiary/aromatic N) is 2. The summed E-state index contributed by atoms with van der Waals surface area (Å²) in [5.41, 5.74) is 1.92. The summed E-state index contributed by atoms with van der Waals surface area (Å²) >= 11 is 0. The average molecular weight is 317 g/mol. The third kappa shape index (κ3) is 5.24. The summed E-state index contributed by atoms with van der Waals surface area (Å²) in [6.07, 6.45) is 2.61. The fourth-order valence-corrected chi connectivity index (χ4v) is 3.33. The molecule has 0 aliphatic carbocycles. The van der Waals surface area contributed by atoms with Gasteiger partial charge in [0.15, 0.2) is 0 Å². The molecule has 1 unspecified atom stereocenters. The molecule has 1 saturated heterocycles. The van der Waals surface area contributed by atoms with E-state index in [1.54, 1.807) is 0 Å². The molecule has 1 N–H and O–H groups in total. The van der Waals surface area contributed by atoms with Gasteiger partial charge in [-0.05, 0) is 63.4 Å². The first-order chi connectivity index (χ1) is 11.1. The van der Waals surface area contributed by atoms with E-state index in [9.17, 15) is 4.79 Å². The predicted octanol–water partition coefficient (Wildman–Crippen LogP) is 2.99. The molecule has 128 valence electrons. The standard InChI is InChI=1S/C19H31N3O/c1-4-22(5-2)18-10-8-17(9-11-18)19(23)20-12-14-21-13-6-7-16(3)15-21/h8-11,16H,4-7,12-15H2,1-3H3,(H,20,23). The molecule has 1 aromatic rings. The Bertz CT molecular complexity index is 482. The lowest BCUT2D eigenvalue weighted by molar-refractivity contribution is 0.0944. The van der Waals surface area contributed by atoms with Crippen LogP contribution in [0.5, 0.6) is 0 Å². The summed E-state index contributed by atoms with van der Waals surface area (Å²) in [4.78, 5) is 17.0. The van der Waals surface area contributed by atoms with Crippen LogP contribution >= 0.6 is 0 Å². The van der Waals surface area contributed by atoms with Crippen molar-refractivity contribution in [3.05, 3.63) is 29.8 Å². The number of benzene rings is 1. The van der Waals surface area contributed by atoms with Crippen molar-refractivity contribution in [2.75, 3.05) is 44.2 Å². The quantitative estimate of drug-likeness (QED) is 0.840. The van der Waals surface area contributed by atoms with Crippen LogP contribution < -0.4 is 10.2 Å². The molecule has 1 aliphatic rings. The molecule has 2 rings (SSSR count). The maximum atomic E-state index is 12.2. The summed E-state index contributed by atoms with van der Waals surface area (Å²) < 4.78 is 0. The molecule has 1 aromatic carbocycles. The lowest BCUT2D eigenvalue weighted by atomic mass is 10.0. The number of piperidine rings is 1. The third-order valence-electron chi connectivity index (χ3n) is 4.71. The second-order valence-electron chi connectivity index (χ2n) is 6.52. The second-order valence-corrected chi connectivity index (χ2v) is 6.52. The molecule has 1 amide bonds. The number of carbonyl (C=O) groups excluding carboxylic acids is 1. The molecular weight excluding hydrogens is 286 g/mol. The molecule has 4 heteroatoms. The molecule has 23 heavy (non-hydrogen) atoms. The Morgan fingerprint density at radius 1 is 1.26 bits per heavy atom. The van der Waals surface area contributed by atoms with Crippen LogP contribution in [0.4, 0.5) is 5.69 Å². The maximum absolute atomic E-state index is 12.2. The van der Waals surface area contributed by atoms with Crippen LogP contribution in [0, 0.1) is 5.92 Å².